The normalized spacial score (nSPS) is 12.7. The molecule has 0 atom stereocenters. The molecule has 0 aromatic heterocycles. The summed E-state index contributed by atoms with van der Waals surface area (Å²) in [6.07, 6.45) is -2.38. The fourth-order valence-electron chi connectivity index (χ4n) is 0.697. The van der Waals surface area contributed by atoms with Gasteiger partial charge in [-0.25, -0.2) is 8.78 Å². The van der Waals surface area contributed by atoms with Crippen LogP contribution in [0.5, 0.6) is 0 Å². The Morgan fingerprint density at radius 2 is 2.00 bits per heavy atom. The monoisotopic (exact) mass is 193 g/mol. The second kappa shape index (κ2) is 5.72. The lowest BCUT2D eigenvalue weighted by Crippen LogP contribution is -2.37. The van der Waals surface area contributed by atoms with E-state index in [-0.39, 0.29) is 12.5 Å². The molecule has 0 aliphatic rings. The van der Waals surface area contributed by atoms with Crippen LogP contribution in [0, 0.1) is 5.92 Å². The molecule has 78 valence electrons. The minimum atomic E-state index is -2.38. The molecule has 0 radical (unpaired) electrons. The topological polar surface area (TPSA) is 41.6 Å². The van der Waals surface area contributed by atoms with Gasteiger partial charge in [-0.2, -0.15) is 0 Å². The number of aliphatic imine (C=N–C) groups is 1. The molecule has 0 saturated carbocycles. The van der Waals surface area contributed by atoms with Gasteiger partial charge in [0.05, 0.1) is 6.54 Å². The Morgan fingerprint density at radius 1 is 1.46 bits per heavy atom. The summed E-state index contributed by atoms with van der Waals surface area (Å²) in [5.41, 5.74) is 5.46. The molecule has 0 unspecified atom stereocenters. The van der Waals surface area contributed by atoms with Gasteiger partial charge in [-0.05, 0) is 5.92 Å². The van der Waals surface area contributed by atoms with Crippen molar-refractivity contribution in [3.05, 3.63) is 0 Å². The number of hydrogen-bond acceptors (Lipinski definition) is 1. The molecule has 0 aliphatic carbocycles. The van der Waals surface area contributed by atoms with E-state index in [0.717, 1.165) is 0 Å². The van der Waals surface area contributed by atoms with E-state index in [1.165, 1.54) is 11.9 Å². The van der Waals surface area contributed by atoms with E-state index in [1.807, 2.05) is 13.8 Å². The first-order chi connectivity index (χ1) is 5.93. The molecule has 0 rings (SSSR count). The molecule has 0 bridgehead atoms. The van der Waals surface area contributed by atoms with Crippen molar-refractivity contribution in [2.75, 3.05) is 20.1 Å². The average molecular weight is 193 g/mol. The summed E-state index contributed by atoms with van der Waals surface area (Å²) >= 11 is 0. The second-order valence-corrected chi connectivity index (χ2v) is 3.36. The van der Waals surface area contributed by atoms with Crippen LogP contribution in [0.3, 0.4) is 0 Å². The molecule has 0 heterocycles. The molecule has 0 aromatic rings. The standard InChI is InChI=1S/C8H17F2N3/c1-6(2)4-12-8(11)13(3)5-7(9)10/h6-7H,4-5H2,1-3H3,(H2,11,12). The summed E-state index contributed by atoms with van der Waals surface area (Å²) in [5.74, 6) is 0.563. The van der Waals surface area contributed by atoms with Crippen LogP contribution in [0.25, 0.3) is 0 Å². The zero-order chi connectivity index (χ0) is 10.4. The molecule has 0 spiro atoms. The Kier molecular flexibility index (Phi) is 5.34. The number of nitrogens with zero attached hydrogens (tertiary/aromatic N) is 2. The van der Waals surface area contributed by atoms with Gasteiger partial charge in [-0.3, -0.25) is 4.99 Å². The minimum absolute atomic E-state index is 0.175. The molecule has 0 aliphatic heterocycles. The number of guanidine groups is 1. The van der Waals surface area contributed by atoms with Crippen LogP contribution >= 0.6 is 0 Å². The third-order valence-corrected chi connectivity index (χ3v) is 1.42. The van der Waals surface area contributed by atoms with Gasteiger partial charge in [0.2, 0.25) is 0 Å². The van der Waals surface area contributed by atoms with E-state index in [9.17, 15) is 8.78 Å². The number of halogens is 2. The molecule has 0 aromatic carbocycles. The van der Waals surface area contributed by atoms with Crippen LogP contribution in [-0.4, -0.2) is 37.4 Å². The first-order valence-corrected chi connectivity index (χ1v) is 4.22. The summed E-state index contributed by atoms with van der Waals surface area (Å²) in [7, 11) is 1.51. The Morgan fingerprint density at radius 3 is 2.38 bits per heavy atom. The number of hydrogen-bond donors (Lipinski definition) is 1. The van der Waals surface area contributed by atoms with Crippen molar-refractivity contribution in [2.24, 2.45) is 16.6 Å². The van der Waals surface area contributed by atoms with E-state index in [2.05, 4.69) is 4.99 Å². The maximum atomic E-state index is 11.9. The number of rotatable bonds is 4. The summed E-state index contributed by atoms with van der Waals surface area (Å²) < 4.78 is 23.8. The van der Waals surface area contributed by atoms with Crippen molar-refractivity contribution in [2.45, 2.75) is 20.3 Å². The van der Waals surface area contributed by atoms with E-state index in [0.29, 0.717) is 12.5 Å². The predicted octanol–water partition coefficient (Wildman–Crippen LogP) is 1.15. The van der Waals surface area contributed by atoms with Crippen molar-refractivity contribution in [3.8, 4) is 0 Å². The molecular weight excluding hydrogens is 176 g/mol. The van der Waals surface area contributed by atoms with Gasteiger partial charge in [0, 0.05) is 13.6 Å². The average Bonchev–Trinajstić information content (AvgIpc) is 1.98. The Labute approximate surface area is 77.6 Å². The largest absolute Gasteiger partial charge is 0.370 e. The first kappa shape index (κ1) is 12.1. The summed E-state index contributed by atoms with van der Waals surface area (Å²) in [4.78, 5) is 5.22. The molecule has 2 N–H and O–H groups in total. The highest BCUT2D eigenvalue weighted by atomic mass is 19.3. The van der Waals surface area contributed by atoms with Crippen molar-refractivity contribution < 1.29 is 8.78 Å². The zero-order valence-corrected chi connectivity index (χ0v) is 8.30. The molecule has 13 heavy (non-hydrogen) atoms. The summed E-state index contributed by atoms with van der Waals surface area (Å²) in [5, 5.41) is 0. The van der Waals surface area contributed by atoms with Crippen LogP contribution in [0.1, 0.15) is 13.8 Å². The highest BCUT2D eigenvalue weighted by Crippen LogP contribution is 1.96. The summed E-state index contributed by atoms with van der Waals surface area (Å²) in [6.45, 7) is 4.18. The Balaban J connectivity index is 3.93. The highest BCUT2D eigenvalue weighted by Gasteiger charge is 2.09. The predicted molar refractivity (Wildman–Crippen MR) is 50.0 cm³/mol. The van der Waals surface area contributed by atoms with Crippen molar-refractivity contribution in [1.29, 1.82) is 0 Å². The maximum Gasteiger partial charge on any atom is 0.255 e. The van der Waals surface area contributed by atoms with Crippen LogP contribution < -0.4 is 5.73 Å². The molecule has 0 amide bonds. The van der Waals surface area contributed by atoms with Gasteiger partial charge in [-0.15, -0.1) is 0 Å². The van der Waals surface area contributed by atoms with E-state index >= 15 is 0 Å². The van der Waals surface area contributed by atoms with Crippen molar-refractivity contribution in [1.82, 2.24) is 4.90 Å². The summed E-state index contributed by atoms with van der Waals surface area (Å²) in [6, 6.07) is 0. The van der Waals surface area contributed by atoms with Gasteiger partial charge >= 0.3 is 0 Å². The van der Waals surface area contributed by atoms with E-state index in [4.69, 9.17) is 5.73 Å². The smallest absolute Gasteiger partial charge is 0.255 e. The van der Waals surface area contributed by atoms with Gasteiger partial charge < -0.3 is 10.6 Å². The SMILES string of the molecule is CC(C)CN=C(N)N(C)CC(F)F. The van der Waals surface area contributed by atoms with Crippen LogP contribution in [-0.2, 0) is 0 Å². The second-order valence-electron chi connectivity index (χ2n) is 3.36. The first-order valence-electron chi connectivity index (χ1n) is 4.22. The van der Waals surface area contributed by atoms with E-state index < -0.39 is 6.43 Å². The quantitative estimate of drug-likeness (QED) is 0.537. The molecule has 3 nitrogen and oxygen atoms in total. The number of nitrogens with two attached hydrogens (primary N) is 1. The van der Waals surface area contributed by atoms with Crippen molar-refractivity contribution in [3.63, 3.8) is 0 Å². The Hall–Kier alpha value is -0.870. The van der Waals surface area contributed by atoms with Crippen LogP contribution in [0.4, 0.5) is 8.78 Å². The van der Waals surface area contributed by atoms with Gasteiger partial charge in [0.25, 0.3) is 6.43 Å². The van der Waals surface area contributed by atoms with Gasteiger partial charge in [0.15, 0.2) is 5.96 Å². The molecule has 5 heteroatoms. The lowest BCUT2D eigenvalue weighted by molar-refractivity contribution is 0.123. The van der Waals surface area contributed by atoms with Gasteiger partial charge in [-0.1, -0.05) is 13.8 Å². The third kappa shape index (κ3) is 6.31. The molecule has 0 fully saturated rings. The molecule has 0 saturated heterocycles. The highest BCUT2D eigenvalue weighted by molar-refractivity contribution is 5.77. The fraction of sp³-hybridized carbons (Fsp3) is 0.875. The van der Waals surface area contributed by atoms with Gasteiger partial charge in [0.1, 0.15) is 0 Å². The third-order valence-electron chi connectivity index (χ3n) is 1.42. The van der Waals surface area contributed by atoms with Crippen LogP contribution in [0.15, 0.2) is 4.99 Å². The Bertz CT molecular complexity index is 169. The zero-order valence-electron chi connectivity index (χ0n) is 8.30. The maximum absolute atomic E-state index is 11.9. The van der Waals surface area contributed by atoms with Crippen molar-refractivity contribution >= 4 is 5.96 Å². The number of alkyl halides is 2. The lowest BCUT2D eigenvalue weighted by atomic mass is 10.2. The fourth-order valence-corrected chi connectivity index (χ4v) is 0.697. The molecular formula is C8H17F2N3. The lowest BCUT2D eigenvalue weighted by Gasteiger charge is -2.17. The minimum Gasteiger partial charge on any atom is -0.370 e. The van der Waals surface area contributed by atoms with Crippen LogP contribution in [0.2, 0.25) is 0 Å². The van der Waals surface area contributed by atoms with E-state index in [1.54, 1.807) is 0 Å².